The Bertz CT molecular complexity index is 248. The number of alkyl halides is 1. The molecule has 0 aliphatic carbocycles. The molecular weight excluding hydrogens is 228 g/mol. The lowest BCUT2D eigenvalue weighted by atomic mass is 10.1. The fraction of sp³-hybridized carbons (Fsp3) is 0.750. The van der Waals surface area contributed by atoms with Gasteiger partial charge in [0.1, 0.15) is 10.8 Å². The highest BCUT2D eigenvalue weighted by Gasteiger charge is 2.35. The summed E-state index contributed by atoms with van der Waals surface area (Å²) in [6.45, 7) is 1.83. The van der Waals surface area contributed by atoms with Crippen molar-refractivity contribution in [3.63, 3.8) is 0 Å². The Morgan fingerprint density at radius 1 is 1.86 bits per heavy atom. The summed E-state index contributed by atoms with van der Waals surface area (Å²) in [5.41, 5.74) is 0. The molecule has 1 fully saturated rings. The summed E-state index contributed by atoms with van der Waals surface area (Å²) in [5.74, 6) is -1.90. The SMILES string of the molecule is CC(S)(Cl)COC(=O)C1CCOC1=O. The van der Waals surface area contributed by atoms with Crippen molar-refractivity contribution in [1.29, 1.82) is 0 Å². The average molecular weight is 239 g/mol. The van der Waals surface area contributed by atoms with Crippen molar-refractivity contribution in [2.24, 2.45) is 5.92 Å². The van der Waals surface area contributed by atoms with Gasteiger partial charge >= 0.3 is 11.9 Å². The van der Waals surface area contributed by atoms with E-state index >= 15 is 0 Å². The fourth-order valence-corrected chi connectivity index (χ4v) is 1.13. The summed E-state index contributed by atoms with van der Waals surface area (Å²) in [6.07, 6.45) is 0.378. The number of carbonyl (C=O) groups excluding carboxylic acids is 2. The summed E-state index contributed by atoms with van der Waals surface area (Å²) >= 11 is 9.66. The van der Waals surface area contributed by atoms with Crippen molar-refractivity contribution in [2.45, 2.75) is 17.6 Å². The van der Waals surface area contributed by atoms with E-state index in [0.717, 1.165) is 0 Å². The smallest absolute Gasteiger partial charge is 0.320 e. The van der Waals surface area contributed by atoms with E-state index in [1.54, 1.807) is 6.92 Å². The highest BCUT2D eigenvalue weighted by molar-refractivity contribution is 7.83. The van der Waals surface area contributed by atoms with Gasteiger partial charge in [0.05, 0.1) is 6.61 Å². The average Bonchev–Trinajstić information content (AvgIpc) is 2.46. The van der Waals surface area contributed by atoms with Gasteiger partial charge in [0.2, 0.25) is 0 Å². The lowest BCUT2D eigenvalue weighted by Crippen LogP contribution is -2.26. The van der Waals surface area contributed by atoms with Crippen molar-refractivity contribution in [2.75, 3.05) is 13.2 Å². The predicted octanol–water partition coefficient (Wildman–Crippen LogP) is 0.977. The zero-order valence-corrected chi connectivity index (χ0v) is 9.31. The number of ether oxygens (including phenoxy) is 2. The van der Waals surface area contributed by atoms with Crippen LogP contribution in [0.2, 0.25) is 0 Å². The Balaban J connectivity index is 2.39. The molecule has 14 heavy (non-hydrogen) atoms. The van der Waals surface area contributed by atoms with Gasteiger partial charge in [0.15, 0.2) is 5.92 Å². The number of hydrogen-bond donors (Lipinski definition) is 1. The molecule has 0 saturated carbocycles. The van der Waals surface area contributed by atoms with E-state index in [-0.39, 0.29) is 13.2 Å². The van der Waals surface area contributed by atoms with Crippen LogP contribution in [-0.2, 0) is 19.1 Å². The van der Waals surface area contributed by atoms with E-state index < -0.39 is 22.1 Å². The molecule has 0 aromatic carbocycles. The normalized spacial score (nSPS) is 25.4. The molecule has 0 amide bonds. The first kappa shape index (κ1) is 11.7. The minimum absolute atomic E-state index is 0.0414. The van der Waals surface area contributed by atoms with Gasteiger partial charge in [-0.25, -0.2) is 0 Å². The monoisotopic (exact) mass is 238 g/mol. The maximum atomic E-state index is 11.3. The van der Waals surface area contributed by atoms with E-state index in [0.29, 0.717) is 6.42 Å². The molecule has 6 heteroatoms. The van der Waals surface area contributed by atoms with Crippen LogP contribution in [0, 0.1) is 5.92 Å². The largest absolute Gasteiger partial charge is 0.465 e. The third-order valence-electron chi connectivity index (χ3n) is 1.70. The maximum Gasteiger partial charge on any atom is 0.320 e. The Hall–Kier alpha value is -0.420. The third kappa shape index (κ3) is 3.38. The molecule has 1 rings (SSSR count). The summed E-state index contributed by atoms with van der Waals surface area (Å²) in [7, 11) is 0. The molecule has 4 nitrogen and oxygen atoms in total. The quantitative estimate of drug-likeness (QED) is 0.345. The Morgan fingerprint density at radius 3 is 2.93 bits per heavy atom. The molecule has 0 radical (unpaired) electrons. The molecule has 1 saturated heterocycles. The lowest BCUT2D eigenvalue weighted by molar-refractivity contribution is -0.156. The summed E-state index contributed by atoms with van der Waals surface area (Å²) in [5, 5.41) is 0. The highest BCUT2D eigenvalue weighted by atomic mass is 35.5. The Kier molecular flexibility index (Phi) is 3.66. The summed E-state index contributed by atoms with van der Waals surface area (Å²) < 4.78 is 8.53. The van der Waals surface area contributed by atoms with Crippen molar-refractivity contribution < 1.29 is 19.1 Å². The molecule has 2 unspecified atom stereocenters. The van der Waals surface area contributed by atoms with Crippen molar-refractivity contribution in [3.8, 4) is 0 Å². The van der Waals surface area contributed by atoms with E-state index in [1.807, 2.05) is 0 Å². The molecule has 2 atom stereocenters. The molecule has 0 aromatic rings. The second kappa shape index (κ2) is 4.40. The number of hydrogen-bond acceptors (Lipinski definition) is 5. The first-order chi connectivity index (χ1) is 6.40. The van der Waals surface area contributed by atoms with Crippen LogP contribution in [-0.4, -0.2) is 29.4 Å². The van der Waals surface area contributed by atoms with Crippen LogP contribution in [0.4, 0.5) is 0 Å². The van der Waals surface area contributed by atoms with Gasteiger partial charge < -0.3 is 9.47 Å². The van der Waals surface area contributed by atoms with Gasteiger partial charge in [-0.3, -0.25) is 9.59 Å². The molecule has 1 heterocycles. The number of esters is 2. The predicted molar refractivity (Wildman–Crippen MR) is 53.3 cm³/mol. The summed E-state index contributed by atoms with van der Waals surface area (Å²) in [4.78, 5) is 22.3. The van der Waals surface area contributed by atoms with Crippen LogP contribution in [0.3, 0.4) is 0 Å². The molecule has 0 N–H and O–H groups in total. The van der Waals surface area contributed by atoms with Crippen molar-refractivity contribution >= 4 is 36.2 Å². The van der Waals surface area contributed by atoms with Gasteiger partial charge in [0, 0.05) is 6.42 Å². The molecular formula is C8H11ClO4S. The second-order valence-corrected chi connectivity index (χ2v) is 5.34. The number of halogens is 1. The molecule has 0 spiro atoms. The van der Waals surface area contributed by atoms with E-state index in [2.05, 4.69) is 17.4 Å². The number of thiol groups is 1. The minimum Gasteiger partial charge on any atom is -0.465 e. The molecule has 1 aliphatic rings. The lowest BCUT2D eigenvalue weighted by Gasteiger charge is -2.15. The standard InChI is InChI=1S/C8H11ClO4S/c1-8(9,14)4-13-7(11)5-2-3-12-6(5)10/h5,14H,2-4H2,1H3. The van der Waals surface area contributed by atoms with Gasteiger partial charge in [-0.05, 0) is 6.92 Å². The molecule has 1 aliphatic heterocycles. The van der Waals surface area contributed by atoms with Crippen LogP contribution in [0.15, 0.2) is 0 Å². The van der Waals surface area contributed by atoms with Gasteiger partial charge in [-0.15, -0.1) is 11.6 Å². The maximum absolute atomic E-state index is 11.3. The van der Waals surface area contributed by atoms with Gasteiger partial charge in [-0.1, -0.05) is 0 Å². The molecule has 0 bridgehead atoms. The highest BCUT2D eigenvalue weighted by Crippen LogP contribution is 2.21. The first-order valence-electron chi connectivity index (χ1n) is 4.15. The van der Waals surface area contributed by atoms with Crippen molar-refractivity contribution in [1.82, 2.24) is 0 Å². The fourth-order valence-electron chi connectivity index (χ4n) is 1.01. The topological polar surface area (TPSA) is 52.6 Å². The number of carbonyl (C=O) groups is 2. The Morgan fingerprint density at radius 2 is 2.50 bits per heavy atom. The van der Waals surface area contributed by atoms with E-state index in [4.69, 9.17) is 16.3 Å². The van der Waals surface area contributed by atoms with Crippen LogP contribution in [0.5, 0.6) is 0 Å². The van der Waals surface area contributed by atoms with Crippen LogP contribution in [0.25, 0.3) is 0 Å². The first-order valence-corrected chi connectivity index (χ1v) is 4.97. The third-order valence-corrected chi connectivity index (χ3v) is 1.94. The minimum atomic E-state index is -0.905. The zero-order chi connectivity index (χ0) is 10.8. The Labute approximate surface area is 92.3 Å². The number of cyclic esters (lactones) is 1. The van der Waals surface area contributed by atoms with E-state index in [9.17, 15) is 9.59 Å². The van der Waals surface area contributed by atoms with Crippen molar-refractivity contribution in [3.05, 3.63) is 0 Å². The second-order valence-electron chi connectivity index (χ2n) is 3.26. The zero-order valence-electron chi connectivity index (χ0n) is 7.66. The summed E-state index contributed by atoms with van der Waals surface area (Å²) in [6, 6.07) is 0. The van der Waals surface area contributed by atoms with Crippen LogP contribution in [0.1, 0.15) is 13.3 Å². The van der Waals surface area contributed by atoms with Gasteiger partial charge in [0.25, 0.3) is 0 Å². The number of rotatable bonds is 3. The van der Waals surface area contributed by atoms with E-state index in [1.165, 1.54) is 0 Å². The van der Waals surface area contributed by atoms with Crippen LogP contribution >= 0.6 is 24.2 Å². The molecule has 80 valence electrons. The molecule has 0 aromatic heterocycles. The van der Waals surface area contributed by atoms with Crippen LogP contribution < -0.4 is 0 Å². The van der Waals surface area contributed by atoms with Gasteiger partial charge in [-0.2, -0.15) is 12.6 Å².